The number of rotatable bonds is 7. The molecular formula is C15H22N2O2. The van der Waals surface area contributed by atoms with Crippen molar-refractivity contribution < 1.29 is 9.59 Å². The second-order valence-electron chi connectivity index (χ2n) is 4.90. The fourth-order valence-corrected chi connectivity index (χ4v) is 1.88. The van der Waals surface area contributed by atoms with Crippen molar-refractivity contribution in [2.75, 3.05) is 13.6 Å². The number of amides is 1. The lowest BCUT2D eigenvalue weighted by Gasteiger charge is -2.19. The zero-order valence-electron chi connectivity index (χ0n) is 11.8. The Labute approximate surface area is 114 Å². The molecule has 104 valence electrons. The third kappa shape index (κ3) is 5.22. The van der Waals surface area contributed by atoms with E-state index in [2.05, 4.69) is 10.6 Å². The van der Waals surface area contributed by atoms with Crippen LogP contribution in [0.15, 0.2) is 30.3 Å². The van der Waals surface area contributed by atoms with E-state index in [0.717, 1.165) is 5.56 Å². The van der Waals surface area contributed by atoms with Crippen LogP contribution in [0.3, 0.4) is 0 Å². The third-order valence-electron chi connectivity index (χ3n) is 2.87. The summed E-state index contributed by atoms with van der Waals surface area (Å²) in [5.74, 6) is -0.186. The molecule has 0 fully saturated rings. The van der Waals surface area contributed by atoms with Crippen LogP contribution in [0, 0.1) is 5.92 Å². The van der Waals surface area contributed by atoms with Crippen LogP contribution >= 0.6 is 0 Å². The molecule has 0 heterocycles. The van der Waals surface area contributed by atoms with Crippen LogP contribution < -0.4 is 10.6 Å². The second kappa shape index (κ2) is 7.69. The normalized spacial score (nSPS) is 12.2. The van der Waals surface area contributed by atoms with E-state index < -0.39 is 6.04 Å². The minimum atomic E-state index is -0.455. The second-order valence-corrected chi connectivity index (χ2v) is 4.90. The van der Waals surface area contributed by atoms with Gasteiger partial charge in [0.15, 0.2) is 5.78 Å². The van der Waals surface area contributed by atoms with E-state index in [1.165, 1.54) is 0 Å². The summed E-state index contributed by atoms with van der Waals surface area (Å²) in [6.07, 6.45) is 0.535. The van der Waals surface area contributed by atoms with Crippen LogP contribution in [0.25, 0.3) is 0 Å². The van der Waals surface area contributed by atoms with Gasteiger partial charge in [-0.15, -0.1) is 0 Å². The minimum Gasteiger partial charge on any atom is -0.345 e. The number of likely N-dealkylation sites (N-methyl/N-ethyl adjacent to an activating group) is 1. The van der Waals surface area contributed by atoms with E-state index in [9.17, 15) is 9.59 Å². The van der Waals surface area contributed by atoms with Crippen LogP contribution in [-0.2, 0) is 16.0 Å². The molecular weight excluding hydrogens is 240 g/mol. The van der Waals surface area contributed by atoms with Gasteiger partial charge in [0.1, 0.15) is 0 Å². The first kappa shape index (κ1) is 15.4. The summed E-state index contributed by atoms with van der Waals surface area (Å²) in [6.45, 7) is 3.92. The molecule has 1 rings (SSSR count). The molecule has 0 aromatic heterocycles. The monoisotopic (exact) mass is 262 g/mol. The molecule has 19 heavy (non-hydrogen) atoms. The first-order valence-corrected chi connectivity index (χ1v) is 6.56. The topological polar surface area (TPSA) is 58.2 Å². The van der Waals surface area contributed by atoms with Crippen LogP contribution in [0.4, 0.5) is 0 Å². The number of benzene rings is 1. The molecule has 1 atom stereocenters. The van der Waals surface area contributed by atoms with Crippen LogP contribution in [0.1, 0.15) is 19.4 Å². The van der Waals surface area contributed by atoms with Crippen LogP contribution in [0.2, 0.25) is 0 Å². The van der Waals surface area contributed by atoms with E-state index in [1.807, 2.05) is 44.2 Å². The van der Waals surface area contributed by atoms with Crippen molar-refractivity contribution in [3.8, 4) is 0 Å². The highest BCUT2D eigenvalue weighted by molar-refractivity contribution is 5.90. The van der Waals surface area contributed by atoms with Crippen molar-refractivity contribution in [3.63, 3.8) is 0 Å². The molecule has 1 unspecified atom stereocenters. The summed E-state index contributed by atoms with van der Waals surface area (Å²) in [5.41, 5.74) is 1.05. The predicted octanol–water partition coefficient (Wildman–Crippen LogP) is 1.16. The smallest absolute Gasteiger partial charge is 0.234 e. The van der Waals surface area contributed by atoms with E-state index in [-0.39, 0.29) is 24.2 Å². The zero-order chi connectivity index (χ0) is 14.3. The van der Waals surface area contributed by atoms with E-state index in [1.54, 1.807) is 7.05 Å². The first-order valence-electron chi connectivity index (χ1n) is 6.56. The molecule has 0 saturated carbocycles. The molecule has 0 bridgehead atoms. The van der Waals surface area contributed by atoms with Crippen molar-refractivity contribution in [2.24, 2.45) is 5.92 Å². The summed E-state index contributed by atoms with van der Waals surface area (Å²) in [5, 5.41) is 5.58. The van der Waals surface area contributed by atoms with E-state index in [0.29, 0.717) is 6.42 Å². The zero-order valence-corrected chi connectivity index (χ0v) is 11.8. The van der Waals surface area contributed by atoms with Gasteiger partial charge >= 0.3 is 0 Å². The Morgan fingerprint density at radius 2 is 1.79 bits per heavy atom. The van der Waals surface area contributed by atoms with Crippen LogP contribution in [0.5, 0.6) is 0 Å². The van der Waals surface area contributed by atoms with Gasteiger partial charge < -0.3 is 10.6 Å². The number of carbonyl (C=O) groups excluding carboxylic acids is 2. The number of carbonyl (C=O) groups is 2. The maximum atomic E-state index is 12.2. The van der Waals surface area contributed by atoms with Gasteiger partial charge in [-0.2, -0.15) is 0 Å². The van der Waals surface area contributed by atoms with E-state index >= 15 is 0 Å². The SMILES string of the molecule is CNCC(=O)NC(Cc1ccccc1)C(=O)C(C)C. The van der Waals surface area contributed by atoms with Crippen molar-refractivity contribution in [2.45, 2.75) is 26.3 Å². The number of hydrogen-bond donors (Lipinski definition) is 2. The lowest BCUT2D eigenvalue weighted by atomic mass is 9.95. The third-order valence-corrected chi connectivity index (χ3v) is 2.87. The van der Waals surface area contributed by atoms with Gasteiger partial charge in [0.25, 0.3) is 0 Å². The maximum Gasteiger partial charge on any atom is 0.234 e. The molecule has 0 saturated heterocycles. The molecule has 1 aromatic rings. The maximum absolute atomic E-state index is 12.2. The molecule has 2 N–H and O–H groups in total. The number of nitrogens with one attached hydrogen (secondary N) is 2. The van der Waals surface area contributed by atoms with Crippen molar-refractivity contribution in [1.82, 2.24) is 10.6 Å². The Morgan fingerprint density at radius 1 is 1.16 bits per heavy atom. The largest absolute Gasteiger partial charge is 0.345 e. The standard InChI is InChI=1S/C15H22N2O2/c1-11(2)15(19)13(17-14(18)10-16-3)9-12-7-5-4-6-8-12/h4-8,11,13,16H,9-10H2,1-3H3,(H,17,18). The van der Waals surface area contributed by atoms with Gasteiger partial charge in [-0.3, -0.25) is 9.59 Å². The van der Waals surface area contributed by atoms with E-state index in [4.69, 9.17) is 0 Å². The molecule has 0 radical (unpaired) electrons. The van der Waals surface area contributed by atoms with Gasteiger partial charge in [-0.25, -0.2) is 0 Å². The Balaban J connectivity index is 2.75. The van der Waals surface area contributed by atoms with Crippen molar-refractivity contribution >= 4 is 11.7 Å². The fraction of sp³-hybridized carbons (Fsp3) is 0.467. The molecule has 0 aliphatic rings. The van der Waals surface area contributed by atoms with Gasteiger partial charge in [0.05, 0.1) is 12.6 Å². The number of Topliss-reactive ketones (excluding diaryl/α,β-unsaturated/α-hetero) is 1. The summed E-state index contributed by atoms with van der Waals surface area (Å²) in [4.78, 5) is 23.8. The van der Waals surface area contributed by atoms with Gasteiger partial charge in [-0.05, 0) is 19.0 Å². The quantitative estimate of drug-likeness (QED) is 0.775. The molecule has 0 spiro atoms. The number of hydrogen-bond acceptors (Lipinski definition) is 3. The van der Waals surface area contributed by atoms with Crippen LogP contribution in [-0.4, -0.2) is 31.3 Å². The highest BCUT2D eigenvalue weighted by atomic mass is 16.2. The molecule has 4 nitrogen and oxygen atoms in total. The van der Waals surface area contributed by atoms with Crippen molar-refractivity contribution in [3.05, 3.63) is 35.9 Å². The Kier molecular flexibility index (Phi) is 6.22. The molecule has 0 aliphatic carbocycles. The summed E-state index contributed by atoms with van der Waals surface area (Å²) in [7, 11) is 1.70. The average Bonchev–Trinajstić information content (AvgIpc) is 2.38. The molecule has 1 amide bonds. The predicted molar refractivity (Wildman–Crippen MR) is 75.8 cm³/mol. The summed E-state index contributed by atoms with van der Waals surface area (Å²) in [6, 6.07) is 9.27. The highest BCUT2D eigenvalue weighted by Crippen LogP contribution is 2.08. The average molecular weight is 262 g/mol. The van der Waals surface area contributed by atoms with Gasteiger partial charge in [0.2, 0.25) is 5.91 Å². The summed E-state index contributed by atoms with van der Waals surface area (Å²) >= 11 is 0. The molecule has 0 aliphatic heterocycles. The van der Waals surface area contributed by atoms with Gasteiger partial charge in [0, 0.05) is 5.92 Å². The fourth-order valence-electron chi connectivity index (χ4n) is 1.88. The Hall–Kier alpha value is -1.68. The highest BCUT2D eigenvalue weighted by Gasteiger charge is 2.23. The summed E-state index contributed by atoms with van der Waals surface area (Å²) < 4.78 is 0. The van der Waals surface area contributed by atoms with Gasteiger partial charge in [-0.1, -0.05) is 44.2 Å². The Bertz CT molecular complexity index is 415. The lowest BCUT2D eigenvalue weighted by molar-refractivity contribution is -0.129. The van der Waals surface area contributed by atoms with Crippen molar-refractivity contribution in [1.29, 1.82) is 0 Å². The first-order chi connectivity index (χ1) is 9.04. The number of ketones is 1. The molecule has 1 aromatic carbocycles. The molecule has 4 heteroatoms. The minimum absolute atomic E-state index is 0.0632. The Morgan fingerprint density at radius 3 is 2.32 bits per heavy atom. The lowest BCUT2D eigenvalue weighted by Crippen LogP contribution is -2.46.